The third kappa shape index (κ3) is 3.42. The Morgan fingerprint density at radius 3 is 2.37 bits per heavy atom. The molecule has 0 N–H and O–H groups in total. The van der Waals surface area contributed by atoms with Gasteiger partial charge < -0.3 is 9.64 Å². The van der Waals surface area contributed by atoms with Gasteiger partial charge in [-0.05, 0) is 29.3 Å². The van der Waals surface area contributed by atoms with Crippen LogP contribution in [0.5, 0.6) is 5.75 Å². The zero-order valence-electron chi connectivity index (χ0n) is 11.3. The maximum absolute atomic E-state index is 5.98. The van der Waals surface area contributed by atoms with Crippen LogP contribution in [-0.2, 0) is 12.4 Å². The molecule has 0 saturated heterocycles. The number of rotatable bonds is 5. The van der Waals surface area contributed by atoms with Gasteiger partial charge in [-0.25, -0.2) is 0 Å². The van der Waals surface area contributed by atoms with Crippen LogP contribution in [-0.4, -0.2) is 14.2 Å². The maximum Gasteiger partial charge on any atom is 0.118 e. The molecule has 2 aromatic rings. The van der Waals surface area contributed by atoms with E-state index in [2.05, 4.69) is 36.2 Å². The first kappa shape index (κ1) is 13.8. The molecule has 0 heterocycles. The van der Waals surface area contributed by atoms with Gasteiger partial charge in [0.15, 0.2) is 0 Å². The summed E-state index contributed by atoms with van der Waals surface area (Å²) in [6, 6.07) is 16.3. The van der Waals surface area contributed by atoms with Crippen LogP contribution in [0.3, 0.4) is 0 Å². The topological polar surface area (TPSA) is 12.5 Å². The van der Waals surface area contributed by atoms with Crippen molar-refractivity contribution in [2.75, 3.05) is 19.1 Å². The Kier molecular flexibility index (Phi) is 4.69. The second-order valence-electron chi connectivity index (χ2n) is 4.47. The molecule has 100 valence electrons. The Balaban J connectivity index is 2.13. The van der Waals surface area contributed by atoms with Crippen LogP contribution in [0.1, 0.15) is 11.1 Å². The molecule has 19 heavy (non-hydrogen) atoms. The lowest BCUT2D eigenvalue weighted by Crippen LogP contribution is -2.17. The number of nitrogens with zero attached hydrogens (tertiary/aromatic N) is 1. The molecule has 0 aliphatic carbocycles. The number of benzene rings is 2. The minimum atomic E-state index is 0.531. The normalized spacial score (nSPS) is 10.3. The van der Waals surface area contributed by atoms with E-state index in [1.54, 1.807) is 7.11 Å². The second-order valence-corrected chi connectivity index (χ2v) is 4.73. The zero-order chi connectivity index (χ0) is 13.7. The summed E-state index contributed by atoms with van der Waals surface area (Å²) in [7, 11) is 3.76. The van der Waals surface area contributed by atoms with Gasteiger partial charge >= 0.3 is 0 Å². The smallest absolute Gasteiger partial charge is 0.118 e. The van der Waals surface area contributed by atoms with E-state index in [9.17, 15) is 0 Å². The van der Waals surface area contributed by atoms with E-state index in [-0.39, 0.29) is 0 Å². The molecule has 0 aliphatic heterocycles. The average molecular weight is 276 g/mol. The van der Waals surface area contributed by atoms with Crippen molar-refractivity contribution in [3.05, 3.63) is 59.7 Å². The van der Waals surface area contributed by atoms with Crippen molar-refractivity contribution in [3.8, 4) is 5.75 Å². The fraction of sp³-hybridized carbons (Fsp3) is 0.250. The van der Waals surface area contributed by atoms with Crippen molar-refractivity contribution in [2.45, 2.75) is 12.4 Å². The van der Waals surface area contributed by atoms with E-state index in [4.69, 9.17) is 16.3 Å². The number of methoxy groups -OCH3 is 1. The van der Waals surface area contributed by atoms with Gasteiger partial charge in [-0.2, -0.15) is 0 Å². The summed E-state index contributed by atoms with van der Waals surface area (Å²) in [6.45, 7) is 0.845. The third-order valence-corrected chi connectivity index (χ3v) is 3.41. The summed E-state index contributed by atoms with van der Waals surface area (Å²) in [5.74, 6) is 1.41. The van der Waals surface area contributed by atoms with Crippen LogP contribution in [0, 0.1) is 0 Å². The number of ether oxygens (including phenoxy) is 1. The van der Waals surface area contributed by atoms with Crippen LogP contribution < -0.4 is 9.64 Å². The molecule has 0 amide bonds. The van der Waals surface area contributed by atoms with Gasteiger partial charge in [0, 0.05) is 25.2 Å². The quantitative estimate of drug-likeness (QED) is 0.763. The lowest BCUT2D eigenvalue weighted by atomic mass is 10.1. The standard InChI is InChI=1S/C16H18ClNO/c1-18(16-6-4-3-5-14(16)11-17)12-13-7-9-15(19-2)10-8-13/h3-10H,11-12H2,1-2H3. The Hall–Kier alpha value is -1.67. The Bertz CT molecular complexity index is 525. The van der Waals surface area contributed by atoms with Crippen molar-refractivity contribution in [2.24, 2.45) is 0 Å². The Morgan fingerprint density at radius 1 is 1.05 bits per heavy atom. The van der Waals surface area contributed by atoms with Crippen LogP contribution >= 0.6 is 11.6 Å². The molecule has 2 aromatic carbocycles. The molecule has 0 bridgehead atoms. The monoisotopic (exact) mass is 275 g/mol. The maximum atomic E-state index is 5.98. The Labute approximate surface area is 119 Å². The van der Waals surface area contributed by atoms with Crippen molar-refractivity contribution >= 4 is 17.3 Å². The Morgan fingerprint density at radius 2 is 1.74 bits per heavy atom. The van der Waals surface area contributed by atoms with Gasteiger partial charge in [0.25, 0.3) is 0 Å². The van der Waals surface area contributed by atoms with E-state index in [1.165, 1.54) is 11.3 Å². The number of halogens is 1. The molecular formula is C16H18ClNO. The highest BCUT2D eigenvalue weighted by Gasteiger charge is 2.06. The molecule has 0 aromatic heterocycles. The minimum Gasteiger partial charge on any atom is -0.497 e. The largest absolute Gasteiger partial charge is 0.497 e. The van der Waals surface area contributed by atoms with Crippen molar-refractivity contribution in [3.63, 3.8) is 0 Å². The average Bonchev–Trinajstić information content (AvgIpc) is 2.48. The summed E-state index contributed by atoms with van der Waals surface area (Å²) in [4.78, 5) is 2.21. The summed E-state index contributed by atoms with van der Waals surface area (Å²) in [6.07, 6.45) is 0. The van der Waals surface area contributed by atoms with E-state index < -0.39 is 0 Å². The van der Waals surface area contributed by atoms with Gasteiger partial charge in [0.05, 0.1) is 7.11 Å². The first-order valence-electron chi connectivity index (χ1n) is 6.22. The van der Waals surface area contributed by atoms with Crippen LogP contribution in [0.4, 0.5) is 5.69 Å². The van der Waals surface area contributed by atoms with E-state index >= 15 is 0 Å². The zero-order valence-corrected chi connectivity index (χ0v) is 12.0. The van der Waals surface area contributed by atoms with E-state index in [0.717, 1.165) is 17.9 Å². The van der Waals surface area contributed by atoms with E-state index in [0.29, 0.717) is 5.88 Å². The van der Waals surface area contributed by atoms with E-state index in [1.807, 2.05) is 24.3 Å². The van der Waals surface area contributed by atoms with Crippen LogP contribution in [0.25, 0.3) is 0 Å². The number of anilines is 1. The molecule has 0 spiro atoms. The lowest BCUT2D eigenvalue weighted by molar-refractivity contribution is 0.414. The van der Waals surface area contributed by atoms with Crippen molar-refractivity contribution < 1.29 is 4.74 Å². The highest BCUT2D eigenvalue weighted by atomic mass is 35.5. The van der Waals surface area contributed by atoms with Crippen molar-refractivity contribution in [1.29, 1.82) is 0 Å². The molecule has 2 rings (SSSR count). The molecule has 0 fully saturated rings. The molecular weight excluding hydrogens is 258 g/mol. The van der Waals surface area contributed by atoms with Gasteiger partial charge in [-0.1, -0.05) is 30.3 Å². The molecule has 3 heteroatoms. The number of para-hydroxylation sites is 1. The highest BCUT2D eigenvalue weighted by molar-refractivity contribution is 6.17. The minimum absolute atomic E-state index is 0.531. The SMILES string of the molecule is COc1ccc(CN(C)c2ccccc2CCl)cc1. The second kappa shape index (κ2) is 6.48. The first-order valence-corrected chi connectivity index (χ1v) is 6.76. The molecule has 0 radical (unpaired) electrons. The molecule has 0 unspecified atom stereocenters. The van der Waals surface area contributed by atoms with Crippen LogP contribution in [0.15, 0.2) is 48.5 Å². The molecule has 0 saturated carbocycles. The predicted octanol–water partition coefficient (Wildman–Crippen LogP) is 4.07. The fourth-order valence-electron chi connectivity index (χ4n) is 2.09. The molecule has 0 aliphatic rings. The molecule has 0 atom stereocenters. The first-order chi connectivity index (χ1) is 9.24. The summed E-state index contributed by atoms with van der Waals surface area (Å²) >= 11 is 5.98. The van der Waals surface area contributed by atoms with Gasteiger partial charge in [-0.15, -0.1) is 11.6 Å². The van der Waals surface area contributed by atoms with Gasteiger partial charge in [0.2, 0.25) is 0 Å². The summed E-state index contributed by atoms with van der Waals surface area (Å²) < 4.78 is 5.16. The van der Waals surface area contributed by atoms with Crippen molar-refractivity contribution in [1.82, 2.24) is 0 Å². The van der Waals surface area contributed by atoms with Gasteiger partial charge in [0.1, 0.15) is 5.75 Å². The summed E-state index contributed by atoms with van der Waals surface area (Å²) in [5, 5.41) is 0. The number of hydrogen-bond donors (Lipinski definition) is 0. The van der Waals surface area contributed by atoms with Gasteiger partial charge in [-0.3, -0.25) is 0 Å². The number of hydrogen-bond acceptors (Lipinski definition) is 2. The lowest BCUT2D eigenvalue weighted by Gasteiger charge is -2.22. The third-order valence-electron chi connectivity index (χ3n) is 3.13. The fourth-order valence-corrected chi connectivity index (χ4v) is 2.31. The predicted molar refractivity (Wildman–Crippen MR) is 81.1 cm³/mol. The number of alkyl halides is 1. The highest BCUT2D eigenvalue weighted by Crippen LogP contribution is 2.23. The summed E-state index contributed by atoms with van der Waals surface area (Å²) in [5.41, 5.74) is 3.57. The van der Waals surface area contributed by atoms with Crippen LogP contribution in [0.2, 0.25) is 0 Å². The molecule has 2 nitrogen and oxygen atoms in total.